The van der Waals surface area contributed by atoms with E-state index in [4.69, 9.17) is 0 Å². The van der Waals surface area contributed by atoms with Crippen molar-refractivity contribution in [3.63, 3.8) is 0 Å². The smallest absolute Gasteiger partial charge is 0.278 e. The number of aliphatic imine (C=N–C) groups is 1. The average molecular weight is 500 g/mol. The molecule has 0 saturated heterocycles. The number of sulfonamides is 1. The van der Waals surface area contributed by atoms with Crippen molar-refractivity contribution < 1.29 is 13.2 Å². The van der Waals surface area contributed by atoms with Gasteiger partial charge >= 0.3 is 0 Å². The zero-order chi connectivity index (χ0) is 25.1. The minimum absolute atomic E-state index is 0.00839. The molecular weight excluding hydrogens is 470 g/mol. The molecule has 10 heteroatoms. The molecule has 1 heterocycles. The van der Waals surface area contributed by atoms with Gasteiger partial charge in [0.15, 0.2) is 0 Å². The first-order valence-electron chi connectivity index (χ1n) is 10.6. The average Bonchev–Trinajstić information content (AvgIpc) is 3.25. The SMILES string of the molecule is CNc1ccc(-c2ncc(-c3ccc(C(=O)/N=C/N(C)C)cc3S(=O)(=O)NC(C)(C)C)s2)cc1. The molecule has 2 N–H and O–H groups in total. The van der Waals surface area contributed by atoms with Crippen LogP contribution >= 0.6 is 11.3 Å². The van der Waals surface area contributed by atoms with E-state index in [1.165, 1.54) is 23.7 Å². The normalized spacial score (nSPS) is 12.2. The molecule has 0 fully saturated rings. The molecule has 180 valence electrons. The fraction of sp³-hybridized carbons (Fsp3) is 0.292. The van der Waals surface area contributed by atoms with Crippen molar-refractivity contribution in [2.24, 2.45) is 4.99 Å². The van der Waals surface area contributed by atoms with Crippen LogP contribution in [0.15, 0.2) is 58.5 Å². The number of aromatic nitrogens is 1. The summed E-state index contributed by atoms with van der Waals surface area (Å²) in [6.07, 6.45) is 3.04. The van der Waals surface area contributed by atoms with Gasteiger partial charge in [0.05, 0.1) is 16.1 Å². The minimum Gasteiger partial charge on any atom is -0.388 e. The Morgan fingerprint density at radius 2 is 1.79 bits per heavy atom. The van der Waals surface area contributed by atoms with E-state index in [9.17, 15) is 13.2 Å². The van der Waals surface area contributed by atoms with Gasteiger partial charge in [0.1, 0.15) is 5.01 Å². The Kier molecular flexibility index (Phi) is 7.54. The van der Waals surface area contributed by atoms with Gasteiger partial charge in [-0.2, -0.15) is 4.99 Å². The first kappa shape index (κ1) is 25.5. The third-order valence-electron chi connectivity index (χ3n) is 4.56. The van der Waals surface area contributed by atoms with Gasteiger partial charge in [0.25, 0.3) is 5.91 Å². The number of nitrogens with one attached hydrogen (secondary N) is 2. The highest BCUT2D eigenvalue weighted by Gasteiger charge is 2.27. The molecule has 0 saturated carbocycles. The molecule has 0 radical (unpaired) electrons. The molecule has 0 aliphatic heterocycles. The summed E-state index contributed by atoms with van der Waals surface area (Å²) in [6, 6.07) is 12.4. The molecule has 34 heavy (non-hydrogen) atoms. The molecule has 3 rings (SSSR count). The lowest BCUT2D eigenvalue weighted by atomic mass is 10.1. The number of hydrogen-bond acceptors (Lipinski definition) is 6. The van der Waals surface area contributed by atoms with Crippen molar-refractivity contribution in [2.75, 3.05) is 26.5 Å². The van der Waals surface area contributed by atoms with Crippen molar-refractivity contribution in [3.05, 3.63) is 54.2 Å². The minimum atomic E-state index is -3.94. The molecule has 0 bridgehead atoms. The number of benzene rings is 2. The van der Waals surface area contributed by atoms with Crippen LogP contribution in [-0.2, 0) is 10.0 Å². The maximum atomic E-state index is 13.3. The van der Waals surface area contributed by atoms with Crippen LogP contribution in [0.1, 0.15) is 31.1 Å². The number of hydrogen-bond donors (Lipinski definition) is 2. The van der Waals surface area contributed by atoms with Gasteiger partial charge in [-0.25, -0.2) is 18.1 Å². The van der Waals surface area contributed by atoms with Crippen molar-refractivity contribution in [1.29, 1.82) is 0 Å². The Bertz CT molecular complexity index is 1310. The Hall–Kier alpha value is -3.08. The molecule has 0 spiro atoms. The number of carbonyl (C=O) groups excluding carboxylic acids is 1. The lowest BCUT2D eigenvalue weighted by Crippen LogP contribution is -2.40. The highest BCUT2D eigenvalue weighted by atomic mass is 32.2. The molecule has 1 amide bonds. The number of nitrogens with zero attached hydrogens (tertiary/aromatic N) is 3. The number of amides is 1. The molecule has 0 aliphatic rings. The van der Waals surface area contributed by atoms with Crippen molar-refractivity contribution in [3.8, 4) is 21.0 Å². The second-order valence-corrected chi connectivity index (χ2v) is 11.6. The lowest BCUT2D eigenvalue weighted by Gasteiger charge is -2.21. The van der Waals surface area contributed by atoms with Crippen molar-refractivity contribution >= 4 is 39.3 Å². The molecule has 0 aliphatic carbocycles. The predicted molar refractivity (Wildman–Crippen MR) is 139 cm³/mol. The Morgan fingerprint density at radius 1 is 1.12 bits per heavy atom. The molecule has 0 unspecified atom stereocenters. The van der Waals surface area contributed by atoms with Crippen LogP contribution in [0, 0.1) is 0 Å². The molecule has 2 aromatic carbocycles. The molecule has 3 aromatic rings. The van der Waals surface area contributed by atoms with Crippen LogP contribution in [-0.4, -0.2) is 57.2 Å². The lowest BCUT2D eigenvalue weighted by molar-refractivity contribution is 0.100. The zero-order valence-electron chi connectivity index (χ0n) is 20.1. The number of thiazole rings is 1. The molecule has 8 nitrogen and oxygen atoms in total. The molecular formula is C24H29N5O3S2. The van der Waals surface area contributed by atoms with Gasteiger partial charge in [0, 0.05) is 55.3 Å². The highest BCUT2D eigenvalue weighted by molar-refractivity contribution is 7.89. The van der Waals surface area contributed by atoms with Gasteiger partial charge in [-0.05, 0) is 57.2 Å². The van der Waals surface area contributed by atoms with E-state index < -0.39 is 21.5 Å². The first-order valence-corrected chi connectivity index (χ1v) is 12.9. The molecule has 0 atom stereocenters. The fourth-order valence-corrected chi connectivity index (χ4v) is 5.78. The zero-order valence-corrected chi connectivity index (χ0v) is 21.7. The molecule has 1 aromatic heterocycles. The van der Waals surface area contributed by atoms with Crippen LogP contribution in [0.2, 0.25) is 0 Å². The summed E-state index contributed by atoms with van der Waals surface area (Å²) in [4.78, 5) is 23.3. The third kappa shape index (κ3) is 6.28. The van der Waals surface area contributed by atoms with Gasteiger partial charge in [-0.1, -0.05) is 6.07 Å². The highest BCUT2D eigenvalue weighted by Crippen LogP contribution is 2.36. The van der Waals surface area contributed by atoms with E-state index in [0.717, 1.165) is 16.3 Å². The topological polar surface area (TPSA) is 104 Å². The summed E-state index contributed by atoms with van der Waals surface area (Å²) >= 11 is 1.38. The van der Waals surface area contributed by atoms with Crippen molar-refractivity contribution in [2.45, 2.75) is 31.2 Å². The van der Waals surface area contributed by atoms with E-state index >= 15 is 0 Å². The fourth-order valence-electron chi connectivity index (χ4n) is 3.09. The summed E-state index contributed by atoms with van der Waals surface area (Å²) in [5, 5.41) is 3.84. The largest absolute Gasteiger partial charge is 0.388 e. The third-order valence-corrected chi connectivity index (χ3v) is 7.43. The van der Waals surface area contributed by atoms with Crippen LogP contribution in [0.5, 0.6) is 0 Å². The number of carbonyl (C=O) groups is 1. The van der Waals surface area contributed by atoms with E-state index in [1.807, 2.05) is 31.3 Å². The summed E-state index contributed by atoms with van der Waals surface area (Å²) < 4.78 is 29.4. The standard InChI is InChI=1S/C24H29N5O3S2/c1-24(2,3)28-34(31,32)21-13-17(22(30)27-15-29(5)6)9-12-19(21)20-14-26-23(33-20)16-7-10-18(25-4)11-8-16/h7-15,25,28H,1-6H3/b27-15+. The number of anilines is 1. The van der Waals surface area contributed by atoms with Gasteiger partial charge < -0.3 is 10.2 Å². The second kappa shape index (κ2) is 10.0. The Balaban J connectivity index is 2.09. The monoisotopic (exact) mass is 499 g/mol. The van der Waals surface area contributed by atoms with Gasteiger partial charge in [0.2, 0.25) is 10.0 Å². The van der Waals surface area contributed by atoms with Crippen LogP contribution in [0.25, 0.3) is 21.0 Å². The van der Waals surface area contributed by atoms with Gasteiger partial charge in [-0.15, -0.1) is 11.3 Å². The summed E-state index contributed by atoms with van der Waals surface area (Å²) in [5.74, 6) is -0.526. The quantitative estimate of drug-likeness (QED) is 0.371. The van der Waals surface area contributed by atoms with E-state index in [1.54, 1.807) is 58.1 Å². The number of rotatable bonds is 7. The van der Waals surface area contributed by atoms with Gasteiger partial charge in [-0.3, -0.25) is 4.79 Å². The predicted octanol–water partition coefficient (Wildman–Crippen LogP) is 4.33. The summed E-state index contributed by atoms with van der Waals surface area (Å²) in [6.45, 7) is 5.29. The van der Waals surface area contributed by atoms with E-state index in [0.29, 0.717) is 10.4 Å². The van der Waals surface area contributed by atoms with Crippen molar-refractivity contribution in [1.82, 2.24) is 14.6 Å². The Labute approximate surface area is 204 Å². The maximum Gasteiger partial charge on any atom is 0.278 e. The van der Waals surface area contributed by atoms with Crippen LogP contribution < -0.4 is 10.0 Å². The Morgan fingerprint density at radius 3 is 2.38 bits per heavy atom. The first-order chi connectivity index (χ1) is 15.9. The van der Waals surface area contributed by atoms with E-state index in [-0.39, 0.29) is 10.5 Å². The van der Waals surface area contributed by atoms with Crippen LogP contribution in [0.3, 0.4) is 0 Å². The van der Waals surface area contributed by atoms with Crippen LogP contribution in [0.4, 0.5) is 5.69 Å². The summed E-state index contributed by atoms with van der Waals surface area (Å²) in [5.41, 5.74) is 1.87. The maximum absolute atomic E-state index is 13.3. The van der Waals surface area contributed by atoms with E-state index in [2.05, 4.69) is 20.0 Å². The second-order valence-electron chi connectivity index (χ2n) is 8.94. The summed E-state index contributed by atoms with van der Waals surface area (Å²) in [7, 11) is 1.40.